The van der Waals surface area contributed by atoms with E-state index in [0.29, 0.717) is 0 Å². The largest absolute Gasteiger partial charge is 0.309 e. The van der Waals surface area contributed by atoms with E-state index in [2.05, 4.69) is 5.32 Å². The second-order valence-electron chi connectivity index (χ2n) is 2.90. The van der Waals surface area contributed by atoms with Crippen LogP contribution in [-0.4, -0.2) is 26.4 Å². The molecule has 0 aliphatic rings. The van der Waals surface area contributed by atoms with Crippen LogP contribution in [0.25, 0.3) is 0 Å². The summed E-state index contributed by atoms with van der Waals surface area (Å²) in [6.45, 7) is 3.21. The summed E-state index contributed by atoms with van der Waals surface area (Å²) in [4.78, 5) is 0. The van der Waals surface area contributed by atoms with Crippen LogP contribution < -0.4 is 5.32 Å². The highest BCUT2D eigenvalue weighted by Crippen LogP contribution is 2.16. The average Bonchev–Trinajstić information content (AvgIpc) is 2.00. The third-order valence-corrected chi connectivity index (χ3v) is 1.84. The van der Waals surface area contributed by atoms with Crippen molar-refractivity contribution < 1.29 is 8.78 Å². The SMILES string of the molecule is BCC(C)NCC(F)(F)CC. The van der Waals surface area contributed by atoms with Crippen molar-refractivity contribution in [3.63, 3.8) is 0 Å². The Morgan fingerprint density at radius 3 is 2.45 bits per heavy atom. The summed E-state index contributed by atoms with van der Waals surface area (Å²) in [6, 6.07) is 0.187. The van der Waals surface area contributed by atoms with Gasteiger partial charge in [-0.05, 0) is 6.04 Å². The maximum Gasteiger partial charge on any atom is 0.260 e. The van der Waals surface area contributed by atoms with Gasteiger partial charge in [0.1, 0.15) is 7.85 Å². The molecule has 0 radical (unpaired) electrons. The number of hydrogen-bond acceptors (Lipinski definition) is 1. The van der Waals surface area contributed by atoms with Crippen molar-refractivity contribution >= 4 is 7.85 Å². The van der Waals surface area contributed by atoms with Gasteiger partial charge in [-0.1, -0.05) is 20.2 Å². The van der Waals surface area contributed by atoms with Crippen LogP contribution in [0.3, 0.4) is 0 Å². The lowest BCUT2D eigenvalue weighted by molar-refractivity contribution is -0.00319. The first-order chi connectivity index (χ1) is 5.02. The summed E-state index contributed by atoms with van der Waals surface area (Å²) in [7, 11) is 1.97. The predicted molar refractivity (Wildman–Crippen MR) is 46.1 cm³/mol. The van der Waals surface area contributed by atoms with Gasteiger partial charge in [0.05, 0.1) is 6.54 Å². The number of rotatable bonds is 5. The number of halogens is 2. The molecule has 0 aromatic heterocycles. The van der Waals surface area contributed by atoms with Gasteiger partial charge in [-0.3, -0.25) is 0 Å². The summed E-state index contributed by atoms with van der Waals surface area (Å²) in [5.74, 6) is -2.54. The lowest BCUT2D eigenvalue weighted by Crippen LogP contribution is -2.37. The Kier molecular flexibility index (Phi) is 4.65. The van der Waals surface area contributed by atoms with Gasteiger partial charge < -0.3 is 5.32 Å². The van der Waals surface area contributed by atoms with E-state index in [0.717, 1.165) is 6.32 Å². The molecule has 0 aliphatic heterocycles. The van der Waals surface area contributed by atoms with Crippen molar-refractivity contribution in [1.29, 1.82) is 0 Å². The normalized spacial score (nSPS) is 14.9. The molecule has 0 rings (SSSR count). The van der Waals surface area contributed by atoms with Gasteiger partial charge in [0.15, 0.2) is 0 Å². The lowest BCUT2D eigenvalue weighted by atomic mass is 9.98. The Balaban J connectivity index is 3.52. The fourth-order valence-electron chi connectivity index (χ4n) is 0.593. The molecule has 11 heavy (non-hydrogen) atoms. The highest BCUT2D eigenvalue weighted by Gasteiger charge is 2.25. The summed E-state index contributed by atoms with van der Waals surface area (Å²) < 4.78 is 25.2. The molecule has 66 valence electrons. The first kappa shape index (κ1) is 10.9. The van der Waals surface area contributed by atoms with Crippen molar-refractivity contribution in [2.24, 2.45) is 0 Å². The van der Waals surface area contributed by atoms with Gasteiger partial charge in [0.25, 0.3) is 5.92 Å². The van der Waals surface area contributed by atoms with Gasteiger partial charge in [0.2, 0.25) is 0 Å². The van der Waals surface area contributed by atoms with Gasteiger partial charge in [-0.2, -0.15) is 0 Å². The molecule has 0 saturated heterocycles. The zero-order chi connectivity index (χ0) is 8.91. The molecule has 1 N–H and O–H groups in total. The average molecular weight is 163 g/mol. The second-order valence-corrected chi connectivity index (χ2v) is 2.90. The Morgan fingerprint density at radius 1 is 1.55 bits per heavy atom. The Hall–Kier alpha value is -0.115. The third kappa shape index (κ3) is 5.19. The molecule has 0 aromatic rings. The number of hydrogen-bond donors (Lipinski definition) is 1. The smallest absolute Gasteiger partial charge is 0.260 e. The van der Waals surface area contributed by atoms with E-state index in [1.807, 2.05) is 14.8 Å². The van der Waals surface area contributed by atoms with Gasteiger partial charge >= 0.3 is 0 Å². The van der Waals surface area contributed by atoms with Crippen molar-refractivity contribution in [2.75, 3.05) is 6.54 Å². The van der Waals surface area contributed by atoms with E-state index in [9.17, 15) is 8.78 Å². The highest BCUT2D eigenvalue weighted by molar-refractivity contribution is 6.08. The first-order valence-corrected chi connectivity index (χ1v) is 4.13. The maximum absolute atomic E-state index is 12.6. The molecular formula is C7H16BF2N. The Bertz CT molecular complexity index is 109. The molecule has 1 nitrogen and oxygen atoms in total. The molecule has 1 unspecified atom stereocenters. The van der Waals surface area contributed by atoms with Crippen LogP contribution in [-0.2, 0) is 0 Å². The molecule has 0 heterocycles. The predicted octanol–water partition coefficient (Wildman–Crippen LogP) is 1.06. The quantitative estimate of drug-likeness (QED) is 0.597. The zero-order valence-corrected chi connectivity index (χ0v) is 7.45. The van der Waals surface area contributed by atoms with E-state index in [-0.39, 0.29) is 19.0 Å². The highest BCUT2D eigenvalue weighted by atomic mass is 19.3. The summed E-state index contributed by atoms with van der Waals surface area (Å²) in [5, 5.41) is 2.77. The maximum atomic E-state index is 12.6. The zero-order valence-electron chi connectivity index (χ0n) is 7.45. The minimum Gasteiger partial charge on any atom is -0.309 e. The summed E-state index contributed by atoms with van der Waals surface area (Å²) in [5.41, 5.74) is 0. The lowest BCUT2D eigenvalue weighted by Gasteiger charge is -2.17. The summed E-state index contributed by atoms with van der Waals surface area (Å²) >= 11 is 0. The topological polar surface area (TPSA) is 12.0 Å². The molecule has 0 bridgehead atoms. The molecule has 0 spiro atoms. The van der Waals surface area contributed by atoms with Crippen molar-refractivity contribution in [3.8, 4) is 0 Å². The van der Waals surface area contributed by atoms with E-state index in [1.54, 1.807) is 0 Å². The molecule has 0 aliphatic carbocycles. The molecule has 4 heteroatoms. The van der Waals surface area contributed by atoms with E-state index < -0.39 is 5.92 Å². The molecule has 0 saturated carbocycles. The number of nitrogens with one attached hydrogen (secondary N) is 1. The van der Waals surface area contributed by atoms with Crippen LogP contribution in [0.15, 0.2) is 0 Å². The standard InChI is InChI=1S/C7H16BF2N/c1-3-7(9,10)5-11-6(2)4-8/h6,11H,3-5,8H2,1-2H3. The first-order valence-electron chi connectivity index (χ1n) is 4.13. The molecular weight excluding hydrogens is 147 g/mol. The van der Waals surface area contributed by atoms with Crippen LogP contribution in [0, 0.1) is 0 Å². The fraction of sp³-hybridized carbons (Fsp3) is 1.00. The Labute approximate surface area is 68.0 Å². The van der Waals surface area contributed by atoms with Crippen molar-refractivity contribution in [1.82, 2.24) is 5.32 Å². The molecule has 0 amide bonds. The van der Waals surface area contributed by atoms with Gasteiger partial charge in [0, 0.05) is 6.42 Å². The Morgan fingerprint density at radius 2 is 2.09 bits per heavy atom. The van der Waals surface area contributed by atoms with E-state index in [4.69, 9.17) is 0 Å². The minimum atomic E-state index is -2.54. The fourth-order valence-corrected chi connectivity index (χ4v) is 0.593. The van der Waals surface area contributed by atoms with E-state index >= 15 is 0 Å². The van der Waals surface area contributed by atoms with Crippen LogP contribution >= 0.6 is 0 Å². The monoisotopic (exact) mass is 163 g/mol. The third-order valence-electron chi connectivity index (χ3n) is 1.84. The van der Waals surface area contributed by atoms with Crippen molar-refractivity contribution in [3.05, 3.63) is 0 Å². The summed E-state index contributed by atoms with van der Waals surface area (Å²) in [6.07, 6.45) is 0.802. The minimum absolute atomic E-state index is 0.0869. The van der Waals surface area contributed by atoms with Crippen LogP contribution in [0.4, 0.5) is 8.78 Å². The molecule has 0 fully saturated rings. The molecule has 1 atom stereocenters. The van der Waals surface area contributed by atoms with Crippen LogP contribution in [0.2, 0.25) is 6.32 Å². The molecule has 0 aromatic carbocycles. The van der Waals surface area contributed by atoms with Crippen LogP contribution in [0.1, 0.15) is 20.3 Å². The van der Waals surface area contributed by atoms with Gasteiger partial charge in [-0.15, -0.1) is 0 Å². The van der Waals surface area contributed by atoms with Crippen LogP contribution in [0.5, 0.6) is 0 Å². The number of alkyl halides is 2. The second kappa shape index (κ2) is 4.70. The van der Waals surface area contributed by atoms with Crippen molar-refractivity contribution in [2.45, 2.75) is 38.6 Å². The van der Waals surface area contributed by atoms with Gasteiger partial charge in [-0.25, -0.2) is 8.78 Å². The van der Waals surface area contributed by atoms with E-state index in [1.165, 1.54) is 6.92 Å².